The molecule has 1 aliphatic heterocycles. The fourth-order valence-corrected chi connectivity index (χ4v) is 4.40. The number of nitriles is 1. The van der Waals surface area contributed by atoms with E-state index < -0.39 is 11.8 Å². The lowest BCUT2D eigenvalue weighted by Gasteiger charge is -2.28. The zero-order valence-electron chi connectivity index (χ0n) is 19.4. The van der Waals surface area contributed by atoms with Crippen LogP contribution in [-0.4, -0.2) is 23.2 Å². The third-order valence-corrected chi connectivity index (χ3v) is 6.15. The number of fused-ring (bicyclic) bond motifs is 1. The Bertz CT molecular complexity index is 1400. The number of aromatic nitrogens is 2. The van der Waals surface area contributed by atoms with Gasteiger partial charge in [-0.25, -0.2) is 0 Å². The lowest BCUT2D eigenvalue weighted by atomic mass is 9.79. The molecule has 0 spiro atoms. The first-order valence-electron chi connectivity index (χ1n) is 11.2. The van der Waals surface area contributed by atoms with Crippen LogP contribution in [0.4, 0.5) is 0 Å². The second-order valence-corrected chi connectivity index (χ2v) is 8.44. The lowest BCUT2D eigenvalue weighted by molar-refractivity contribution is 0.306. The molecule has 7 nitrogen and oxygen atoms in total. The summed E-state index contributed by atoms with van der Waals surface area (Å²) < 4.78 is 16.9. The summed E-state index contributed by atoms with van der Waals surface area (Å²) in [7, 11) is 1.62. The third kappa shape index (κ3) is 4.34. The Morgan fingerprint density at radius 2 is 1.80 bits per heavy atom. The van der Waals surface area contributed by atoms with Crippen LogP contribution in [0, 0.1) is 29.6 Å². The smallest absolute Gasteiger partial charge is 0.244 e. The number of rotatable bonds is 6. The monoisotopic (exact) mass is 464 g/mol. The number of hydrogen-bond donors (Lipinski definition) is 2. The van der Waals surface area contributed by atoms with E-state index in [1.807, 2.05) is 60.7 Å². The van der Waals surface area contributed by atoms with Crippen molar-refractivity contribution in [2.75, 3.05) is 7.11 Å². The van der Waals surface area contributed by atoms with E-state index in [9.17, 15) is 5.26 Å². The summed E-state index contributed by atoms with van der Waals surface area (Å²) in [5, 5.41) is 25.6. The van der Waals surface area contributed by atoms with E-state index >= 15 is 0 Å². The van der Waals surface area contributed by atoms with Gasteiger partial charge in [0.15, 0.2) is 0 Å². The zero-order chi connectivity index (χ0) is 24.4. The Hall–Kier alpha value is -4.57. The van der Waals surface area contributed by atoms with Crippen LogP contribution >= 0.6 is 0 Å². The van der Waals surface area contributed by atoms with Gasteiger partial charge in [0.25, 0.3) is 0 Å². The molecule has 1 aliphatic rings. The highest BCUT2D eigenvalue weighted by molar-refractivity contribution is 5.86. The SMILES string of the molecule is COc1ccc(-c2[nH]nc3c2C(c2ccc(OCc4cccc(C)c4)cc2)C(C#N)C(=N)O3)cc1. The first-order valence-corrected chi connectivity index (χ1v) is 11.2. The van der Waals surface area contributed by atoms with Gasteiger partial charge in [-0.3, -0.25) is 10.5 Å². The molecular weight excluding hydrogens is 440 g/mol. The van der Waals surface area contributed by atoms with E-state index in [0.717, 1.165) is 39.4 Å². The molecule has 0 fully saturated rings. The van der Waals surface area contributed by atoms with Gasteiger partial charge in [0.05, 0.1) is 24.4 Å². The van der Waals surface area contributed by atoms with Crippen molar-refractivity contribution in [2.24, 2.45) is 5.92 Å². The first kappa shape index (κ1) is 22.2. The van der Waals surface area contributed by atoms with Gasteiger partial charge < -0.3 is 14.2 Å². The van der Waals surface area contributed by atoms with Gasteiger partial charge in [-0.05, 0) is 54.4 Å². The highest BCUT2D eigenvalue weighted by Crippen LogP contribution is 2.46. The summed E-state index contributed by atoms with van der Waals surface area (Å²) in [6.07, 6.45) is 0. The standard InChI is InChI=1S/C28H24N4O3/c1-17-4-3-5-18(14-17)16-34-22-12-6-19(7-13-22)24-23(15-29)27(30)35-28-25(24)26(31-32-28)20-8-10-21(33-2)11-9-20/h3-14,23-24,30H,16H2,1-2H3,(H,31,32). The number of methoxy groups -OCH3 is 1. The fourth-order valence-electron chi connectivity index (χ4n) is 4.40. The van der Waals surface area contributed by atoms with Gasteiger partial charge in [-0.15, -0.1) is 5.10 Å². The molecule has 35 heavy (non-hydrogen) atoms. The minimum atomic E-state index is -0.781. The minimum absolute atomic E-state index is 0.113. The van der Waals surface area contributed by atoms with Crippen molar-refractivity contribution in [3.05, 3.63) is 95.1 Å². The Kier molecular flexibility index (Phi) is 5.94. The van der Waals surface area contributed by atoms with Gasteiger partial charge in [0, 0.05) is 11.5 Å². The molecule has 0 radical (unpaired) electrons. The average molecular weight is 465 g/mol. The largest absolute Gasteiger partial charge is 0.497 e. The summed E-state index contributed by atoms with van der Waals surface area (Å²) >= 11 is 0. The van der Waals surface area contributed by atoms with E-state index in [1.165, 1.54) is 5.56 Å². The molecule has 4 aromatic rings. The van der Waals surface area contributed by atoms with Crippen LogP contribution in [0.3, 0.4) is 0 Å². The maximum Gasteiger partial charge on any atom is 0.244 e. The molecule has 174 valence electrons. The molecule has 3 aromatic carbocycles. The molecule has 5 rings (SSSR count). The molecular formula is C28H24N4O3. The summed E-state index contributed by atoms with van der Waals surface area (Å²) in [6.45, 7) is 2.52. The van der Waals surface area contributed by atoms with E-state index in [1.54, 1.807) is 7.11 Å². The topological polar surface area (TPSA) is 104 Å². The van der Waals surface area contributed by atoms with Crippen LogP contribution in [-0.2, 0) is 6.61 Å². The summed E-state index contributed by atoms with van der Waals surface area (Å²) in [5.41, 5.74) is 5.56. The van der Waals surface area contributed by atoms with Crippen molar-refractivity contribution in [2.45, 2.75) is 19.4 Å². The van der Waals surface area contributed by atoms with Crippen LogP contribution in [0.25, 0.3) is 11.3 Å². The van der Waals surface area contributed by atoms with Gasteiger partial charge in [-0.2, -0.15) is 5.26 Å². The van der Waals surface area contributed by atoms with E-state index in [4.69, 9.17) is 19.6 Å². The summed E-state index contributed by atoms with van der Waals surface area (Å²) in [5.74, 6) is 0.477. The molecule has 2 heterocycles. The Morgan fingerprint density at radius 3 is 2.49 bits per heavy atom. The van der Waals surface area contributed by atoms with E-state index in [-0.39, 0.29) is 5.90 Å². The maximum absolute atomic E-state index is 9.93. The Labute approximate surface area is 203 Å². The van der Waals surface area contributed by atoms with Gasteiger partial charge in [-0.1, -0.05) is 42.0 Å². The van der Waals surface area contributed by atoms with Crippen LogP contribution < -0.4 is 14.2 Å². The predicted molar refractivity (Wildman–Crippen MR) is 132 cm³/mol. The number of nitrogens with zero attached hydrogens (tertiary/aromatic N) is 2. The van der Waals surface area contributed by atoms with Gasteiger partial charge in [0.2, 0.25) is 11.8 Å². The molecule has 1 aromatic heterocycles. The fraction of sp³-hybridized carbons (Fsp3) is 0.179. The van der Waals surface area contributed by atoms with Crippen molar-refractivity contribution in [1.29, 1.82) is 10.7 Å². The average Bonchev–Trinajstić information content (AvgIpc) is 3.30. The second-order valence-electron chi connectivity index (χ2n) is 8.44. The van der Waals surface area contributed by atoms with Crippen molar-refractivity contribution in [3.8, 4) is 34.7 Å². The lowest BCUT2D eigenvalue weighted by Crippen LogP contribution is -2.30. The van der Waals surface area contributed by atoms with E-state index in [2.05, 4.69) is 35.3 Å². The highest BCUT2D eigenvalue weighted by atomic mass is 16.5. The highest BCUT2D eigenvalue weighted by Gasteiger charge is 2.40. The molecule has 0 bridgehead atoms. The first-order chi connectivity index (χ1) is 17.1. The Balaban J connectivity index is 1.47. The number of ether oxygens (including phenoxy) is 3. The van der Waals surface area contributed by atoms with Crippen molar-refractivity contribution in [3.63, 3.8) is 0 Å². The molecule has 0 saturated heterocycles. The van der Waals surface area contributed by atoms with Crippen molar-refractivity contribution >= 4 is 5.90 Å². The molecule has 0 amide bonds. The van der Waals surface area contributed by atoms with Crippen LogP contribution in [0.15, 0.2) is 72.8 Å². The normalized spacial score (nSPS) is 16.7. The quantitative estimate of drug-likeness (QED) is 0.386. The molecule has 0 aliphatic carbocycles. The number of hydrogen-bond acceptors (Lipinski definition) is 6. The van der Waals surface area contributed by atoms with Crippen LogP contribution in [0.5, 0.6) is 17.4 Å². The molecule has 7 heteroatoms. The van der Waals surface area contributed by atoms with Crippen molar-refractivity contribution < 1.29 is 14.2 Å². The van der Waals surface area contributed by atoms with E-state index in [0.29, 0.717) is 12.5 Å². The van der Waals surface area contributed by atoms with Crippen LogP contribution in [0.1, 0.15) is 28.2 Å². The molecule has 0 saturated carbocycles. The second kappa shape index (κ2) is 9.35. The maximum atomic E-state index is 9.93. The van der Waals surface area contributed by atoms with Gasteiger partial charge >= 0.3 is 0 Å². The summed E-state index contributed by atoms with van der Waals surface area (Å²) in [6, 6.07) is 25.7. The molecule has 2 unspecified atom stereocenters. The van der Waals surface area contributed by atoms with Crippen LogP contribution in [0.2, 0.25) is 0 Å². The van der Waals surface area contributed by atoms with Gasteiger partial charge in [0.1, 0.15) is 24.0 Å². The number of nitrogens with one attached hydrogen (secondary N) is 2. The molecule has 2 N–H and O–H groups in total. The number of benzene rings is 3. The number of H-pyrrole nitrogens is 1. The predicted octanol–water partition coefficient (Wildman–Crippen LogP) is 5.61. The number of aryl methyl sites for hydroxylation is 1. The van der Waals surface area contributed by atoms with Crippen molar-refractivity contribution in [1.82, 2.24) is 10.2 Å². The number of aromatic amines is 1. The summed E-state index contributed by atoms with van der Waals surface area (Å²) in [4.78, 5) is 0. The Morgan fingerprint density at radius 1 is 1.06 bits per heavy atom. The third-order valence-electron chi connectivity index (χ3n) is 6.15. The molecule has 2 atom stereocenters. The minimum Gasteiger partial charge on any atom is -0.497 e. The zero-order valence-corrected chi connectivity index (χ0v) is 19.4.